The molecule has 0 bridgehead atoms. The maximum Gasteiger partial charge on any atom is 0.244 e. The number of halogens is 2. The molecule has 0 atom stereocenters. The monoisotopic (exact) mass is 594 g/mol. The van der Waals surface area contributed by atoms with Crippen LogP contribution >= 0.6 is 34.2 Å². The van der Waals surface area contributed by atoms with E-state index < -0.39 is 0 Å². The highest BCUT2D eigenvalue weighted by molar-refractivity contribution is 14.1. The van der Waals surface area contributed by atoms with Crippen LogP contribution in [-0.2, 0) is 17.8 Å². The molecular formula is C25H24ClIN2O5. The van der Waals surface area contributed by atoms with Gasteiger partial charge in [-0.15, -0.1) is 0 Å². The molecule has 0 aliphatic heterocycles. The van der Waals surface area contributed by atoms with E-state index in [-0.39, 0.29) is 12.3 Å². The van der Waals surface area contributed by atoms with E-state index in [9.17, 15) is 4.79 Å². The average molecular weight is 595 g/mol. The molecule has 0 radical (unpaired) electrons. The molecule has 1 amide bonds. The van der Waals surface area contributed by atoms with E-state index in [0.717, 1.165) is 20.3 Å². The summed E-state index contributed by atoms with van der Waals surface area (Å²) < 4.78 is 22.8. The molecule has 0 saturated carbocycles. The van der Waals surface area contributed by atoms with Crippen molar-refractivity contribution in [3.8, 4) is 23.0 Å². The number of benzene rings is 3. The summed E-state index contributed by atoms with van der Waals surface area (Å²) >= 11 is 8.38. The van der Waals surface area contributed by atoms with Crippen LogP contribution in [0.5, 0.6) is 23.0 Å². The largest absolute Gasteiger partial charge is 0.493 e. The van der Waals surface area contributed by atoms with Gasteiger partial charge in [0, 0.05) is 10.6 Å². The standard InChI is InChI=1S/C25H24ClIN2O5/c1-31-21-9-8-16(11-22(21)32-2)13-24(30)29-28-14-17-10-20(27)25(23(12-17)33-3)34-15-18-6-4-5-7-19(18)26/h4-12,14H,13,15H2,1-3H3,(H,29,30)/b28-14+. The summed E-state index contributed by atoms with van der Waals surface area (Å²) in [5.41, 5.74) is 4.95. The van der Waals surface area contributed by atoms with E-state index in [1.807, 2.05) is 30.3 Å². The predicted octanol–water partition coefficient (Wildman–Crippen LogP) is 5.24. The lowest BCUT2D eigenvalue weighted by atomic mass is 10.1. The number of carbonyl (C=O) groups is 1. The molecule has 0 aliphatic rings. The third kappa shape index (κ3) is 6.77. The van der Waals surface area contributed by atoms with Gasteiger partial charge in [0.25, 0.3) is 0 Å². The molecule has 0 saturated heterocycles. The van der Waals surface area contributed by atoms with Crippen LogP contribution in [0.1, 0.15) is 16.7 Å². The van der Waals surface area contributed by atoms with E-state index in [2.05, 4.69) is 33.1 Å². The Morgan fingerprint density at radius 3 is 2.44 bits per heavy atom. The van der Waals surface area contributed by atoms with Crippen LogP contribution in [0.3, 0.4) is 0 Å². The van der Waals surface area contributed by atoms with Crippen molar-refractivity contribution in [3.63, 3.8) is 0 Å². The Morgan fingerprint density at radius 2 is 1.74 bits per heavy atom. The molecule has 0 unspecified atom stereocenters. The van der Waals surface area contributed by atoms with Crippen molar-refractivity contribution >= 4 is 46.3 Å². The van der Waals surface area contributed by atoms with Crippen molar-refractivity contribution < 1.29 is 23.7 Å². The lowest BCUT2D eigenvalue weighted by Gasteiger charge is -2.14. The number of hydrazone groups is 1. The van der Waals surface area contributed by atoms with Gasteiger partial charge in [0.05, 0.1) is 37.5 Å². The highest BCUT2D eigenvalue weighted by Crippen LogP contribution is 2.34. The molecule has 3 rings (SSSR count). The topological polar surface area (TPSA) is 78.4 Å². The first-order valence-electron chi connectivity index (χ1n) is 10.2. The van der Waals surface area contributed by atoms with E-state index in [1.54, 1.807) is 51.8 Å². The molecule has 9 heteroatoms. The van der Waals surface area contributed by atoms with Crippen LogP contribution in [0.2, 0.25) is 5.02 Å². The number of methoxy groups -OCH3 is 3. The Kier molecular flexibility index (Phi) is 9.41. The van der Waals surface area contributed by atoms with Crippen molar-refractivity contribution in [1.29, 1.82) is 0 Å². The van der Waals surface area contributed by atoms with Crippen molar-refractivity contribution in [2.75, 3.05) is 21.3 Å². The van der Waals surface area contributed by atoms with Gasteiger partial charge in [0.15, 0.2) is 23.0 Å². The number of nitrogens with zero attached hydrogens (tertiary/aromatic N) is 1. The molecule has 7 nitrogen and oxygen atoms in total. The fraction of sp³-hybridized carbons (Fsp3) is 0.200. The van der Waals surface area contributed by atoms with Crippen LogP contribution in [0.4, 0.5) is 0 Å². The number of hydrogen-bond acceptors (Lipinski definition) is 6. The van der Waals surface area contributed by atoms with Crippen LogP contribution in [0.15, 0.2) is 59.7 Å². The molecule has 3 aromatic rings. The molecule has 0 aromatic heterocycles. The van der Waals surface area contributed by atoms with E-state index in [4.69, 9.17) is 30.5 Å². The second-order valence-corrected chi connectivity index (χ2v) is 8.64. The Labute approximate surface area is 217 Å². The molecular weight excluding hydrogens is 571 g/mol. The minimum absolute atomic E-state index is 0.146. The Bertz CT molecular complexity index is 1190. The van der Waals surface area contributed by atoms with Gasteiger partial charge >= 0.3 is 0 Å². The minimum Gasteiger partial charge on any atom is -0.493 e. The fourth-order valence-electron chi connectivity index (χ4n) is 3.11. The van der Waals surface area contributed by atoms with Gasteiger partial charge in [0.2, 0.25) is 5.91 Å². The first-order valence-corrected chi connectivity index (χ1v) is 11.7. The molecule has 3 aromatic carbocycles. The first kappa shape index (κ1) is 25.6. The summed E-state index contributed by atoms with van der Waals surface area (Å²) in [6.45, 7) is 0.311. The quantitative estimate of drug-likeness (QED) is 0.197. The summed E-state index contributed by atoms with van der Waals surface area (Å²) in [5, 5.41) is 4.71. The average Bonchev–Trinajstić information content (AvgIpc) is 2.83. The molecule has 0 spiro atoms. The maximum atomic E-state index is 12.3. The Hall–Kier alpha value is -2.98. The van der Waals surface area contributed by atoms with Gasteiger partial charge in [-0.2, -0.15) is 5.10 Å². The number of nitrogens with one attached hydrogen (secondary N) is 1. The smallest absolute Gasteiger partial charge is 0.244 e. The normalized spacial score (nSPS) is 10.7. The summed E-state index contributed by atoms with van der Waals surface area (Å²) in [7, 11) is 4.68. The van der Waals surface area contributed by atoms with Crippen LogP contribution < -0.4 is 24.4 Å². The number of ether oxygens (including phenoxy) is 4. The van der Waals surface area contributed by atoms with Gasteiger partial charge in [-0.05, 0) is 64.0 Å². The molecule has 0 fully saturated rings. The van der Waals surface area contributed by atoms with E-state index in [0.29, 0.717) is 34.6 Å². The minimum atomic E-state index is -0.259. The third-order valence-corrected chi connectivity index (χ3v) is 5.97. The van der Waals surface area contributed by atoms with Gasteiger partial charge in [-0.3, -0.25) is 4.79 Å². The van der Waals surface area contributed by atoms with Crippen molar-refractivity contribution in [2.24, 2.45) is 5.10 Å². The number of amides is 1. The summed E-state index contributed by atoms with van der Waals surface area (Å²) in [4.78, 5) is 12.3. The maximum absolute atomic E-state index is 12.3. The number of hydrogen-bond donors (Lipinski definition) is 1. The number of carbonyl (C=O) groups excluding carboxylic acids is 1. The van der Waals surface area contributed by atoms with Crippen molar-refractivity contribution in [1.82, 2.24) is 5.43 Å². The summed E-state index contributed by atoms with van der Waals surface area (Å²) in [6.07, 6.45) is 1.70. The SMILES string of the molecule is COc1ccc(CC(=O)N/N=C/c2cc(I)c(OCc3ccccc3Cl)c(OC)c2)cc1OC. The van der Waals surface area contributed by atoms with Gasteiger partial charge in [-0.25, -0.2) is 5.43 Å². The van der Waals surface area contributed by atoms with Crippen LogP contribution in [0, 0.1) is 3.57 Å². The zero-order chi connectivity index (χ0) is 24.5. The zero-order valence-corrected chi connectivity index (χ0v) is 21.8. The van der Waals surface area contributed by atoms with E-state index >= 15 is 0 Å². The Balaban J connectivity index is 1.63. The molecule has 0 aliphatic carbocycles. The van der Waals surface area contributed by atoms with Crippen LogP contribution in [0.25, 0.3) is 0 Å². The van der Waals surface area contributed by atoms with Crippen LogP contribution in [-0.4, -0.2) is 33.5 Å². The highest BCUT2D eigenvalue weighted by Gasteiger charge is 2.13. The predicted molar refractivity (Wildman–Crippen MR) is 140 cm³/mol. The zero-order valence-electron chi connectivity index (χ0n) is 18.9. The molecule has 34 heavy (non-hydrogen) atoms. The lowest BCUT2D eigenvalue weighted by molar-refractivity contribution is -0.120. The summed E-state index contributed by atoms with van der Waals surface area (Å²) in [6, 6.07) is 16.5. The van der Waals surface area contributed by atoms with Crippen molar-refractivity contribution in [2.45, 2.75) is 13.0 Å². The number of rotatable bonds is 10. The third-order valence-electron chi connectivity index (χ3n) is 4.80. The fourth-order valence-corrected chi connectivity index (χ4v) is 4.09. The second kappa shape index (κ2) is 12.5. The second-order valence-electron chi connectivity index (χ2n) is 7.07. The molecule has 178 valence electrons. The molecule has 1 N–H and O–H groups in total. The first-order chi connectivity index (χ1) is 16.4. The van der Waals surface area contributed by atoms with Gasteiger partial charge < -0.3 is 18.9 Å². The van der Waals surface area contributed by atoms with E-state index in [1.165, 1.54) is 0 Å². The Morgan fingerprint density at radius 1 is 1.00 bits per heavy atom. The van der Waals surface area contributed by atoms with Crippen molar-refractivity contribution in [3.05, 3.63) is 79.9 Å². The highest BCUT2D eigenvalue weighted by atomic mass is 127. The molecule has 0 heterocycles. The lowest BCUT2D eigenvalue weighted by Crippen LogP contribution is -2.19. The van der Waals surface area contributed by atoms with Gasteiger partial charge in [0.1, 0.15) is 6.61 Å². The van der Waals surface area contributed by atoms with Gasteiger partial charge in [-0.1, -0.05) is 35.9 Å². The summed E-state index contributed by atoms with van der Waals surface area (Å²) in [5.74, 6) is 2.07.